The minimum Gasteiger partial charge on any atom is -0.495 e. The third-order valence-electron chi connectivity index (χ3n) is 2.66. The molecule has 1 aliphatic heterocycles. The van der Waals surface area contributed by atoms with Gasteiger partial charge in [0.1, 0.15) is 11.6 Å². The van der Waals surface area contributed by atoms with Crippen LogP contribution in [0.5, 0.6) is 5.75 Å². The highest BCUT2D eigenvalue weighted by Gasteiger charge is 2.12. The van der Waals surface area contributed by atoms with Crippen LogP contribution in [-0.2, 0) is 0 Å². The Balaban J connectivity index is 1.91. The lowest BCUT2D eigenvalue weighted by atomic mass is 10.1. The van der Waals surface area contributed by atoms with E-state index in [2.05, 4.69) is 15.6 Å². The molecule has 2 rings (SSSR count). The SMILES string of the molecule is COc1ccc(NC2CCNCC2)nc1. The summed E-state index contributed by atoms with van der Waals surface area (Å²) in [4.78, 5) is 4.29. The highest BCUT2D eigenvalue weighted by molar-refractivity contribution is 5.38. The first-order valence-corrected chi connectivity index (χ1v) is 5.36. The number of anilines is 1. The molecule has 0 bridgehead atoms. The Kier molecular flexibility index (Phi) is 3.40. The van der Waals surface area contributed by atoms with Gasteiger partial charge >= 0.3 is 0 Å². The van der Waals surface area contributed by atoms with Crippen LogP contribution in [0.4, 0.5) is 5.82 Å². The zero-order valence-corrected chi connectivity index (χ0v) is 8.99. The fraction of sp³-hybridized carbons (Fsp3) is 0.545. The fourth-order valence-electron chi connectivity index (χ4n) is 1.76. The highest BCUT2D eigenvalue weighted by Crippen LogP contribution is 2.14. The van der Waals surface area contributed by atoms with Gasteiger partial charge in [-0.25, -0.2) is 4.98 Å². The van der Waals surface area contributed by atoms with Crippen LogP contribution >= 0.6 is 0 Å². The number of ether oxygens (including phenoxy) is 1. The molecule has 0 aliphatic carbocycles. The molecule has 0 aromatic carbocycles. The van der Waals surface area contributed by atoms with Gasteiger partial charge in [0, 0.05) is 6.04 Å². The molecule has 0 spiro atoms. The molecular weight excluding hydrogens is 190 g/mol. The van der Waals surface area contributed by atoms with E-state index in [9.17, 15) is 0 Å². The van der Waals surface area contributed by atoms with Crippen LogP contribution in [0, 0.1) is 0 Å². The van der Waals surface area contributed by atoms with Gasteiger partial charge in [-0.3, -0.25) is 0 Å². The van der Waals surface area contributed by atoms with Gasteiger partial charge in [-0.15, -0.1) is 0 Å². The van der Waals surface area contributed by atoms with E-state index >= 15 is 0 Å². The molecule has 0 saturated carbocycles. The predicted molar refractivity (Wildman–Crippen MR) is 60.3 cm³/mol. The van der Waals surface area contributed by atoms with E-state index in [0.29, 0.717) is 6.04 Å². The van der Waals surface area contributed by atoms with Gasteiger partial charge in [-0.05, 0) is 38.1 Å². The van der Waals surface area contributed by atoms with Gasteiger partial charge in [0.25, 0.3) is 0 Å². The number of pyridine rings is 1. The van der Waals surface area contributed by atoms with E-state index in [1.165, 1.54) is 0 Å². The normalized spacial score (nSPS) is 17.4. The molecule has 1 aromatic rings. The Bertz CT molecular complexity index is 293. The fourth-order valence-corrected chi connectivity index (χ4v) is 1.76. The van der Waals surface area contributed by atoms with Gasteiger partial charge in [0.15, 0.2) is 0 Å². The predicted octanol–water partition coefficient (Wildman–Crippen LogP) is 1.25. The summed E-state index contributed by atoms with van der Waals surface area (Å²) in [6.45, 7) is 2.18. The Morgan fingerprint density at radius 3 is 2.80 bits per heavy atom. The molecule has 82 valence electrons. The van der Waals surface area contributed by atoms with Crippen molar-refractivity contribution in [1.82, 2.24) is 10.3 Å². The lowest BCUT2D eigenvalue weighted by Gasteiger charge is -2.24. The third-order valence-corrected chi connectivity index (χ3v) is 2.66. The van der Waals surface area contributed by atoms with E-state index < -0.39 is 0 Å². The first kappa shape index (κ1) is 10.2. The van der Waals surface area contributed by atoms with Crippen molar-refractivity contribution in [2.24, 2.45) is 0 Å². The molecule has 2 N–H and O–H groups in total. The van der Waals surface area contributed by atoms with Crippen molar-refractivity contribution in [2.75, 3.05) is 25.5 Å². The molecule has 1 aromatic heterocycles. The number of nitrogens with one attached hydrogen (secondary N) is 2. The average molecular weight is 207 g/mol. The minimum absolute atomic E-state index is 0.548. The molecule has 1 aliphatic rings. The number of nitrogens with zero attached hydrogens (tertiary/aromatic N) is 1. The number of aromatic nitrogens is 1. The monoisotopic (exact) mass is 207 g/mol. The summed E-state index contributed by atoms with van der Waals surface area (Å²) in [6.07, 6.45) is 4.06. The first-order valence-electron chi connectivity index (χ1n) is 5.36. The van der Waals surface area contributed by atoms with Crippen LogP contribution in [0.2, 0.25) is 0 Å². The molecule has 1 fully saturated rings. The van der Waals surface area contributed by atoms with Gasteiger partial charge in [0.2, 0.25) is 0 Å². The lowest BCUT2D eigenvalue weighted by Crippen LogP contribution is -2.35. The third kappa shape index (κ3) is 2.83. The summed E-state index contributed by atoms with van der Waals surface area (Å²) in [5, 5.41) is 6.76. The molecular formula is C11H17N3O. The van der Waals surface area contributed by atoms with Crippen LogP contribution in [-0.4, -0.2) is 31.2 Å². The highest BCUT2D eigenvalue weighted by atomic mass is 16.5. The molecule has 0 atom stereocenters. The van der Waals surface area contributed by atoms with Crippen LogP contribution in [0.1, 0.15) is 12.8 Å². The van der Waals surface area contributed by atoms with Crippen molar-refractivity contribution in [3.05, 3.63) is 18.3 Å². The van der Waals surface area contributed by atoms with E-state index in [-0.39, 0.29) is 0 Å². The summed E-state index contributed by atoms with van der Waals surface area (Å²) < 4.78 is 5.06. The Labute approximate surface area is 90.0 Å². The smallest absolute Gasteiger partial charge is 0.137 e. The van der Waals surface area contributed by atoms with Crippen LogP contribution in [0.3, 0.4) is 0 Å². The van der Waals surface area contributed by atoms with Crippen molar-refractivity contribution < 1.29 is 4.74 Å². The van der Waals surface area contributed by atoms with E-state index in [4.69, 9.17) is 4.74 Å². The van der Waals surface area contributed by atoms with Crippen LogP contribution < -0.4 is 15.4 Å². The number of rotatable bonds is 3. The van der Waals surface area contributed by atoms with E-state index in [1.807, 2.05) is 12.1 Å². The standard InChI is InChI=1S/C11H17N3O/c1-15-10-2-3-11(13-8-10)14-9-4-6-12-7-5-9/h2-3,8-9,12H,4-7H2,1H3,(H,13,14). The maximum Gasteiger partial charge on any atom is 0.137 e. The average Bonchev–Trinajstić information content (AvgIpc) is 2.31. The second kappa shape index (κ2) is 4.98. The van der Waals surface area contributed by atoms with Crippen molar-refractivity contribution in [3.63, 3.8) is 0 Å². The van der Waals surface area contributed by atoms with E-state index in [0.717, 1.165) is 37.5 Å². The van der Waals surface area contributed by atoms with Crippen LogP contribution in [0.15, 0.2) is 18.3 Å². The number of methoxy groups -OCH3 is 1. The summed E-state index contributed by atoms with van der Waals surface area (Å²) in [6, 6.07) is 4.43. The topological polar surface area (TPSA) is 46.2 Å². The zero-order valence-electron chi connectivity index (χ0n) is 8.99. The van der Waals surface area contributed by atoms with Gasteiger partial charge in [0.05, 0.1) is 13.3 Å². The zero-order chi connectivity index (χ0) is 10.5. The summed E-state index contributed by atoms with van der Waals surface area (Å²) in [7, 11) is 1.65. The van der Waals surface area contributed by atoms with Gasteiger partial charge in [-0.2, -0.15) is 0 Å². The second-order valence-corrected chi connectivity index (χ2v) is 3.75. The van der Waals surface area contributed by atoms with Crippen molar-refractivity contribution in [3.8, 4) is 5.75 Å². The Hall–Kier alpha value is -1.29. The van der Waals surface area contributed by atoms with Crippen molar-refractivity contribution in [2.45, 2.75) is 18.9 Å². The molecule has 0 radical (unpaired) electrons. The molecule has 0 unspecified atom stereocenters. The Morgan fingerprint density at radius 1 is 1.40 bits per heavy atom. The molecule has 4 heteroatoms. The van der Waals surface area contributed by atoms with E-state index in [1.54, 1.807) is 13.3 Å². The quantitative estimate of drug-likeness (QED) is 0.783. The maximum absolute atomic E-state index is 5.06. The molecule has 0 amide bonds. The second-order valence-electron chi connectivity index (χ2n) is 3.75. The summed E-state index contributed by atoms with van der Waals surface area (Å²) >= 11 is 0. The van der Waals surface area contributed by atoms with Crippen molar-refractivity contribution >= 4 is 5.82 Å². The summed E-state index contributed by atoms with van der Waals surface area (Å²) in [5.41, 5.74) is 0. The number of piperidine rings is 1. The Morgan fingerprint density at radius 2 is 2.20 bits per heavy atom. The van der Waals surface area contributed by atoms with Crippen LogP contribution in [0.25, 0.3) is 0 Å². The molecule has 4 nitrogen and oxygen atoms in total. The lowest BCUT2D eigenvalue weighted by molar-refractivity contribution is 0.413. The van der Waals surface area contributed by atoms with Gasteiger partial charge in [-0.1, -0.05) is 0 Å². The minimum atomic E-state index is 0.548. The number of hydrogen-bond acceptors (Lipinski definition) is 4. The maximum atomic E-state index is 5.06. The number of hydrogen-bond donors (Lipinski definition) is 2. The molecule has 15 heavy (non-hydrogen) atoms. The molecule has 2 heterocycles. The van der Waals surface area contributed by atoms with Crippen molar-refractivity contribution in [1.29, 1.82) is 0 Å². The first-order chi connectivity index (χ1) is 7.38. The largest absolute Gasteiger partial charge is 0.495 e. The molecule has 1 saturated heterocycles. The summed E-state index contributed by atoms with van der Waals surface area (Å²) in [5.74, 6) is 1.73. The van der Waals surface area contributed by atoms with Gasteiger partial charge < -0.3 is 15.4 Å².